The summed E-state index contributed by atoms with van der Waals surface area (Å²) >= 11 is 0. The van der Waals surface area contributed by atoms with Crippen LogP contribution >= 0.6 is 0 Å². The third-order valence-electron chi connectivity index (χ3n) is 1.82. The maximum atomic E-state index is 12.3. The number of carboxylic acid groups (broad SMARTS) is 1. The average molecular weight is 233 g/mol. The van der Waals surface area contributed by atoms with Crippen molar-refractivity contribution < 1.29 is 23.1 Å². The van der Waals surface area contributed by atoms with Crippen LogP contribution in [0.1, 0.15) is 11.1 Å². The van der Waals surface area contributed by atoms with Crippen molar-refractivity contribution in [3.8, 4) is 0 Å². The minimum absolute atomic E-state index is 0.292. The number of aromatic amines is 1. The molecule has 0 spiro atoms. The first-order valence-corrected chi connectivity index (χ1v) is 3.96. The molecule has 0 aliphatic rings. The van der Waals surface area contributed by atoms with Crippen LogP contribution < -0.4 is 5.56 Å². The molecule has 1 rings (SSSR count). The molecule has 7 heteroatoms. The van der Waals surface area contributed by atoms with Crippen LogP contribution in [0, 0.1) is 0 Å². The molecular weight excluding hydrogens is 227 g/mol. The molecule has 0 amide bonds. The summed E-state index contributed by atoms with van der Waals surface area (Å²) in [7, 11) is 0. The molecule has 4 nitrogen and oxygen atoms in total. The number of alkyl halides is 3. The Labute approximate surface area is 87.0 Å². The third kappa shape index (κ3) is 2.30. The fraction of sp³-hybridized carbons (Fsp3) is 0.111. The highest BCUT2D eigenvalue weighted by Gasteiger charge is 2.34. The van der Waals surface area contributed by atoms with Gasteiger partial charge in [-0.25, -0.2) is 4.79 Å². The van der Waals surface area contributed by atoms with Crippen LogP contribution in [0.25, 0.3) is 5.57 Å². The third-order valence-corrected chi connectivity index (χ3v) is 1.82. The van der Waals surface area contributed by atoms with E-state index in [4.69, 9.17) is 5.11 Å². The van der Waals surface area contributed by atoms with Crippen LogP contribution in [-0.2, 0) is 11.0 Å². The van der Waals surface area contributed by atoms with E-state index in [0.717, 1.165) is 6.20 Å². The second-order valence-corrected chi connectivity index (χ2v) is 2.91. The van der Waals surface area contributed by atoms with Crippen LogP contribution in [0.3, 0.4) is 0 Å². The van der Waals surface area contributed by atoms with Gasteiger partial charge in [0.25, 0.3) is 5.56 Å². The molecule has 0 fully saturated rings. The van der Waals surface area contributed by atoms with Crippen molar-refractivity contribution in [1.82, 2.24) is 4.98 Å². The lowest BCUT2D eigenvalue weighted by Gasteiger charge is -2.07. The second kappa shape index (κ2) is 3.84. The fourth-order valence-electron chi connectivity index (χ4n) is 0.992. The quantitative estimate of drug-likeness (QED) is 0.760. The van der Waals surface area contributed by atoms with Crippen LogP contribution in [0.2, 0.25) is 0 Å². The summed E-state index contributed by atoms with van der Waals surface area (Å²) in [5.41, 5.74) is -3.59. The van der Waals surface area contributed by atoms with E-state index in [-0.39, 0.29) is 5.56 Å². The monoisotopic (exact) mass is 233 g/mol. The van der Waals surface area contributed by atoms with Gasteiger partial charge in [0, 0.05) is 11.8 Å². The summed E-state index contributed by atoms with van der Waals surface area (Å²) in [4.78, 5) is 23.1. The molecular formula is C9H6F3NO3. The number of rotatable bonds is 2. The summed E-state index contributed by atoms with van der Waals surface area (Å²) in [6.45, 7) is 3.09. The largest absolute Gasteiger partial charge is 0.478 e. The lowest BCUT2D eigenvalue weighted by atomic mass is 10.1. The highest BCUT2D eigenvalue weighted by Crippen LogP contribution is 2.27. The first-order valence-electron chi connectivity index (χ1n) is 3.96. The molecule has 0 aliphatic carbocycles. The van der Waals surface area contributed by atoms with Gasteiger partial charge in [0.15, 0.2) is 0 Å². The number of hydrogen-bond donors (Lipinski definition) is 2. The van der Waals surface area contributed by atoms with Crippen LogP contribution in [0.4, 0.5) is 13.2 Å². The lowest BCUT2D eigenvalue weighted by Crippen LogP contribution is -2.21. The van der Waals surface area contributed by atoms with Crippen molar-refractivity contribution in [2.24, 2.45) is 0 Å². The molecule has 1 aromatic rings. The number of carboxylic acids is 1. The molecule has 1 heterocycles. The van der Waals surface area contributed by atoms with E-state index in [1.165, 1.54) is 0 Å². The van der Waals surface area contributed by atoms with Gasteiger partial charge in [-0.3, -0.25) is 4.79 Å². The topological polar surface area (TPSA) is 70.2 Å². The van der Waals surface area contributed by atoms with E-state index in [1.807, 2.05) is 4.98 Å². The first-order chi connectivity index (χ1) is 7.23. The Bertz CT molecular complexity index is 501. The van der Waals surface area contributed by atoms with Gasteiger partial charge in [0.1, 0.15) is 5.56 Å². The van der Waals surface area contributed by atoms with Crippen molar-refractivity contribution in [3.63, 3.8) is 0 Å². The molecule has 0 aromatic carbocycles. The molecule has 0 aliphatic heterocycles. The summed E-state index contributed by atoms with van der Waals surface area (Å²) in [5, 5.41) is 8.53. The SMILES string of the molecule is C=C(C(=O)O)c1c[nH]c(=O)c(C(F)(F)F)c1. The van der Waals surface area contributed by atoms with Gasteiger partial charge >= 0.3 is 12.1 Å². The van der Waals surface area contributed by atoms with Crippen LogP contribution in [0.5, 0.6) is 0 Å². The number of carbonyl (C=O) groups is 1. The van der Waals surface area contributed by atoms with Gasteiger partial charge in [-0.05, 0) is 6.07 Å². The van der Waals surface area contributed by atoms with Gasteiger partial charge in [-0.15, -0.1) is 0 Å². The first kappa shape index (κ1) is 12.0. The Morgan fingerprint density at radius 2 is 2.00 bits per heavy atom. The maximum Gasteiger partial charge on any atom is 0.421 e. The molecule has 0 atom stereocenters. The molecule has 0 saturated carbocycles. The van der Waals surface area contributed by atoms with E-state index < -0.39 is 28.8 Å². The molecule has 0 unspecified atom stereocenters. The lowest BCUT2D eigenvalue weighted by molar-refractivity contribution is -0.138. The standard InChI is InChI=1S/C9H6F3NO3/c1-4(8(15)16)5-2-6(9(10,11)12)7(14)13-3-5/h2-3H,1H2,(H,13,14)(H,15,16). The Hall–Kier alpha value is -2.05. The molecule has 86 valence electrons. The Kier molecular flexibility index (Phi) is 2.88. The molecule has 2 N–H and O–H groups in total. The number of pyridine rings is 1. The van der Waals surface area contributed by atoms with E-state index >= 15 is 0 Å². The maximum absolute atomic E-state index is 12.3. The summed E-state index contributed by atoms with van der Waals surface area (Å²) in [6.07, 6.45) is -3.96. The van der Waals surface area contributed by atoms with Gasteiger partial charge in [0.2, 0.25) is 0 Å². The summed E-state index contributed by atoms with van der Waals surface area (Å²) in [5.74, 6) is -1.46. The van der Waals surface area contributed by atoms with Gasteiger partial charge in [-0.2, -0.15) is 13.2 Å². The number of aliphatic carboxylic acids is 1. The van der Waals surface area contributed by atoms with Crippen molar-refractivity contribution in [3.05, 3.63) is 40.3 Å². The van der Waals surface area contributed by atoms with Gasteiger partial charge in [0.05, 0.1) is 5.57 Å². The van der Waals surface area contributed by atoms with Crippen molar-refractivity contribution >= 4 is 11.5 Å². The van der Waals surface area contributed by atoms with Crippen molar-refractivity contribution in [2.45, 2.75) is 6.18 Å². The van der Waals surface area contributed by atoms with Crippen molar-refractivity contribution in [2.75, 3.05) is 0 Å². The molecule has 1 aromatic heterocycles. The molecule has 0 radical (unpaired) electrons. The Morgan fingerprint density at radius 3 is 2.44 bits per heavy atom. The van der Waals surface area contributed by atoms with E-state index in [2.05, 4.69) is 6.58 Å². The second-order valence-electron chi connectivity index (χ2n) is 2.91. The summed E-state index contributed by atoms with van der Waals surface area (Å²) in [6, 6.07) is 0.454. The zero-order valence-electron chi connectivity index (χ0n) is 7.76. The Balaban J connectivity index is 3.34. The smallest absolute Gasteiger partial charge is 0.421 e. The number of nitrogens with one attached hydrogen (secondary N) is 1. The van der Waals surface area contributed by atoms with Crippen molar-refractivity contribution in [1.29, 1.82) is 0 Å². The van der Waals surface area contributed by atoms with Crippen LogP contribution in [-0.4, -0.2) is 16.1 Å². The number of H-pyrrole nitrogens is 1. The molecule has 0 saturated heterocycles. The van der Waals surface area contributed by atoms with E-state index in [0.29, 0.717) is 6.07 Å². The number of hydrogen-bond acceptors (Lipinski definition) is 2. The number of aromatic nitrogens is 1. The molecule has 0 bridgehead atoms. The number of halogens is 3. The minimum Gasteiger partial charge on any atom is -0.478 e. The highest BCUT2D eigenvalue weighted by atomic mass is 19.4. The molecule has 16 heavy (non-hydrogen) atoms. The highest BCUT2D eigenvalue weighted by molar-refractivity contribution is 6.14. The summed E-state index contributed by atoms with van der Waals surface area (Å²) < 4.78 is 36.9. The zero-order chi connectivity index (χ0) is 12.5. The normalized spacial score (nSPS) is 11.2. The minimum atomic E-state index is -4.83. The van der Waals surface area contributed by atoms with E-state index in [1.54, 1.807) is 0 Å². The van der Waals surface area contributed by atoms with Gasteiger partial charge in [-0.1, -0.05) is 6.58 Å². The predicted octanol–water partition coefficient (Wildman–Crippen LogP) is 1.49. The zero-order valence-corrected chi connectivity index (χ0v) is 7.76. The Morgan fingerprint density at radius 1 is 1.44 bits per heavy atom. The fourth-order valence-corrected chi connectivity index (χ4v) is 0.992. The predicted molar refractivity (Wildman–Crippen MR) is 48.7 cm³/mol. The van der Waals surface area contributed by atoms with Crippen LogP contribution in [0.15, 0.2) is 23.6 Å². The average Bonchev–Trinajstić information content (AvgIpc) is 2.15. The van der Waals surface area contributed by atoms with Gasteiger partial charge < -0.3 is 10.1 Å². The van der Waals surface area contributed by atoms with E-state index in [9.17, 15) is 22.8 Å².